The van der Waals surface area contributed by atoms with Crippen LogP contribution < -0.4 is 0 Å². The van der Waals surface area contributed by atoms with E-state index in [1.165, 1.54) is 0 Å². The fourth-order valence-electron chi connectivity index (χ4n) is 1.59. The molecule has 1 aromatic rings. The summed E-state index contributed by atoms with van der Waals surface area (Å²) < 4.78 is 103. The summed E-state index contributed by atoms with van der Waals surface area (Å²) in [5.74, 6) is -8.43. The van der Waals surface area contributed by atoms with E-state index >= 15 is 0 Å². The number of aliphatic carboxylic acids is 1. The van der Waals surface area contributed by atoms with Gasteiger partial charge in [-0.1, -0.05) is 0 Å². The molecule has 0 aliphatic carbocycles. The van der Waals surface area contributed by atoms with Gasteiger partial charge in [-0.2, -0.15) is 45.6 Å². The number of hydrogen-bond acceptors (Lipinski definition) is 4. The van der Waals surface area contributed by atoms with E-state index in [4.69, 9.17) is 15.6 Å². The molecule has 0 aliphatic rings. The Bertz CT molecular complexity index is 820. The highest BCUT2D eigenvalue weighted by atomic mass is 32.1. The van der Waals surface area contributed by atoms with Gasteiger partial charge in [-0.25, -0.2) is 4.79 Å². The number of carbonyl (C=O) groups is 1. The van der Waals surface area contributed by atoms with Crippen molar-refractivity contribution in [3.8, 4) is 12.1 Å². The summed E-state index contributed by atoms with van der Waals surface area (Å²) in [7, 11) is 0. The number of rotatable bonds is 3. The summed E-state index contributed by atoms with van der Waals surface area (Å²) in [4.78, 5) is 8.09. The molecule has 1 heterocycles. The number of nitrogens with zero attached hydrogens (tertiary/aromatic N) is 2. The summed E-state index contributed by atoms with van der Waals surface area (Å²) in [6.45, 7) is 0. The fourth-order valence-corrected chi connectivity index (χ4v) is 2.61. The third-order valence-corrected chi connectivity index (χ3v) is 3.67. The summed E-state index contributed by atoms with van der Waals surface area (Å²) >= 11 is -0.288. The second-order valence-electron chi connectivity index (χ2n) is 4.20. The van der Waals surface area contributed by atoms with Crippen molar-refractivity contribution >= 4 is 23.4 Å². The molecule has 1 N–H and O–H groups in total. The molecular weight excluding hydrogens is 388 g/mol. The first kappa shape index (κ1) is 20.4. The molecule has 0 aliphatic heterocycles. The van der Waals surface area contributed by atoms with Crippen LogP contribution in [0.1, 0.15) is 20.9 Å². The molecule has 0 fully saturated rings. The maximum Gasteiger partial charge on any atom is 0.458 e. The Morgan fingerprint density at radius 2 is 1.56 bits per heavy atom. The van der Waals surface area contributed by atoms with Gasteiger partial charge in [-0.15, -0.1) is 11.3 Å². The lowest BCUT2D eigenvalue weighted by Crippen LogP contribution is -2.34. The first-order valence-corrected chi connectivity index (χ1v) is 6.44. The standard InChI is InChI=1S/C12H2F8N2O2S/c13-10(14,12(18,19)20)8-4(2-21)7(3-22)25-6(8)1-5(9(23)24)11(15,16)17/h1H,(H,23,24)/b5-1-. The maximum atomic E-state index is 13.6. The van der Waals surface area contributed by atoms with E-state index in [-0.39, 0.29) is 11.3 Å². The van der Waals surface area contributed by atoms with Crippen molar-refractivity contribution in [3.05, 3.63) is 26.5 Å². The van der Waals surface area contributed by atoms with E-state index in [9.17, 15) is 39.9 Å². The molecular formula is C12H2F8N2O2S. The van der Waals surface area contributed by atoms with Gasteiger partial charge in [-0.3, -0.25) is 0 Å². The van der Waals surface area contributed by atoms with E-state index in [1.54, 1.807) is 0 Å². The average molecular weight is 390 g/mol. The van der Waals surface area contributed by atoms with Crippen molar-refractivity contribution in [2.24, 2.45) is 0 Å². The Labute approximate surface area is 136 Å². The zero-order chi connectivity index (χ0) is 19.8. The first-order chi connectivity index (χ1) is 11.2. The molecule has 25 heavy (non-hydrogen) atoms. The zero-order valence-corrected chi connectivity index (χ0v) is 12.1. The molecule has 0 radical (unpaired) electrons. The summed E-state index contributed by atoms with van der Waals surface area (Å²) in [5.41, 5.74) is -6.12. The van der Waals surface area contributed by atoms with Crippen LogP contribution in [-0.2, 0) is 10.7 Å². The van der Waals surface area contributed by atoms with Gasteiger partial charge in [0.05, 0.1) is 11.1 Å². The van der Waals surface area contributed by atoms with Gasteiger partial charge in [0, 0.05) is 4.88 Å². The Hall–Kier alpha value is -2.67. The van der Waals surface area contributed by atoms with Gasteiger partial charge in [-0.05, 0) is 6.08 Å². The zero-order valence-electron chi connectivity index (χ0n) is 11.3. The Balaban J connectivity index is 3.93. The summed E-state index contributed by atoms with van der Waals surface area (Å²) in [6, 6.07) is 2.01. The van der Waals surface area contributed by atoms with Crippen LogP contribution in [0.4, 0.5) is 35.1 Å². The number of nitriles is 2. The lowest BCUT2D eigenvalue weighted by atomic mass is 10.0. The molecule has 0 amide bonds. The highest BCUT2D eigenvalue weighted by Crippen LogP contribution is 2.49. The molecule has 4 nitrogen and oxygen atoms in total. The third-order valence-electron chi connectivity index (χ3n) is 2.63. The van der Waals surface area contributed by atoms with Crippen molar-refractivity contribution in [1.82, 2.24) is 0 Å². The van der Waals surface area contributed by atoms with Crippen LogP contribution in [0.3, 0.4) is 0 Å². The quantitative estimate of drug-likeness (QED) is 0.620. The number of hydrogen-bond donors (Lipinski definition) is 1. The number of carboxylic acids is 1. The Kier molecular flexibility index (Phi) is 5.16. The first-order valence-electron chi connectivity index (χ1n) is 5.62. The van der Waals surface area contributed by atoms with Crippen molar-refractivity contribution in [3.63, 3.8) is 0 Å². The SMILES string of the molecule is N#Cc1sc(/C=C(/C(=O)O)C(F)(F)F)c(C(F)(F)C(F)(F)F)c1C#N. The van der Waals surface area contributed by atoms with Crippen molar-refractivity contribution in [1.29, 1.82) is 10.5 Å². The van der Waals surface area contributed by atoms with Crippen LogP contribution in [0.25, 0.3) is 6.08 Å². The average Bonchev–Trinajstić information content (AvgIpc) is 2.79. The van der Waals surface area contributed by atoms with Crippen LogP contribution in [-0.4, -0.2) is 23.4 Å². The molecule has 1 aromatic heterocycles. The van der Waals surface area contributed by atoms with Gasteiger partial charge in [0.15, 0.2) is 0 Å². The lowest BCUT2D eigenvalue weighted by Gasteiger charge is -2.20. The van der Waals surface area contributed by atoms with Crippen LogP contribution >= 0.6 is 11.3 Å². The Morgan fingerprint density at radius 1 is 1.04 bits per heavy atom. The van der Waals surface area contributed by atoms with Crippen molar-refractivity contribution in [2.45, 2.75) is 18.3 Å². The van der Waals surface area contributed by atoms with Gasteiger partial charge in [0.2, 0.25) is 0 Å². The summed E-state index contributed by atoms with van der Waals surface area (Å²) in [5, 5.41) is 25.9. The molecule has 0 aromatic carbocycles. The van der Waals surface area contributed by atoms with Crippen LogP contribution in [0, 0.1) is 22.7 Å². The van der Waals surface area contributed by atoms with Crippen molar-refractivity contribution in [2.75, 3.05) is 0 Å². The predicted molar refractivity (Wildman–Crippen MR) is 65.4 cm³/mol. The van der Waals surface area contributed by atoms with E-state index < -0.39 is 56.8 Å². The largest absolute Gasteiger partial charge is 0.478 e. The van der Waals surface area contributed by atoms with E-state index in [0.29, 0.717) is 0 Å². The smallest absolute Gasteiger partial charge is 0.458 e. The minimum atomic E-state index is -6.30. The van der Waals surface area contributed by atoms with E-state index in [0.717, 1.165) is 12.1 Å². The van der Waals surface area contributed by atoms with E-state index in [2.05, 4.69) is 0 Å². The van der Waals surface area contributed by atoms with Crippen LogP contribution in [0.15, 0.2) is 5.57 Å². The van der Waals surface area contributed by atoms with Crippen LogP contribution in [0.5, 0.6) is 0 Å². The second kappa shape index (κ2) is 6.33. The minimum Gasteiger partial charge on any atom is -0.478 e. The number of carboxylic acid groups (broad SMARTS) is 1. The summed E-state index contributed by atoms with van der Waals surface area (Å²) in [6.07, 6.45) is -12.3. The van der Waals surface area contributed by atoms with Crippen molar-refractivity contribution < 1.29 is 45.0 Å². The van der Waals surface area contributed by atoms with E-state index in [1.807, 2.05) is 0 Å². The predicted octanol–water partition coefficient (Wildman–Crippen LogP) is 4.18. The molecule has 1 rings (SSSR count). The number of halogens is 8. The number of alkyl halides is 8. The third kappa shape index (κ3) is 3.71. The highest BCUT2D eigenvalue weighted by Gasteiger charge is 2.61. The molecule has 0 atom stereocenters. The van der Waals surface area contributed by atoms with Gasteiger partial charge in [0.25, 0.3) is 0 Å². The van der Waals surface area contributed by atoms with Crippen LogP contribution in [0.2, 0.25) is 0 Å². The molecule has 13 heteroatoms. The molecule has 134 valence electrons. The molecule has 0 saturated heterocycles. The van der Waals surface area contributed by atoms with Gasteiger partial charge in [0.1, 0.15) is 22.6 Å². The molecule has 0 saturated carbocycles. The monoisotopic (exact) mass is 390 g/mol. The molecule has 0 spiro atoms. The molecule has 0 bridgehead atoms. The lowest BCUT2D eigenvalue weighted by molar-refractivity contribution is -0.289. The highest BCUT2D eigenvalue weighted by molar-refractivity contribution is 7.13. The normalized spacial score (nSPS) is 13.3. The van der Waals surface area contributed by atoms with Gasteiger partial charge >= 0.3 is 24.2 Å². The fraction of sp³-hybridized carbons (Fsp3) is 0.250. The molecule has 0 unspecified atom stereocenters. The maximum absolute atomic E-state index is 13.6. The minimum absolute atomic E-state index is 0.288. The topological polar surface area (TPSA) is 84.9 Å². The number of thiophene rings is 1. The Morgan fingerprint density at radius 3 is 1.88 bits per heavy atom. The second-order valence-corrected chi connectivity index (χ2v) is 5.25. The van der Waals surface area contributed by atoms with Gasteiger partial charge < -0.3 is 5.11 Å².